The summed E-state index contributed by atoms with van der Waals surface area (Å²) in [5, 5.41) is 2.85. The van der Waals surface area contributed by atoms with E-state index in [-0.39, 0.29) is 17.3 Å². The number of carbonyl (C=O) groups excluding carboxylic acids is 2. The Morgan fingerprint density at radius 3 is 2.14 bits per heavy atom. The molecular weight excluding hydrogens is 486 g/mol. The standard InChI is InChI=1S/C29H35N3O4S/c1-5-19-30-29(34)24(4)31(20-25-12-10-9-11-23(25)3)28(33)21-32(26-13-7-6-8-14-26)37(35,36)27-17-15-22(2)16-18-27/h6-18,24H,5,19-21H2,1-4H3,(H,30,34). The Kier molecular flexibility index (Phi) is 9.47. The number of amides is 2. The molecule has 1 atom stereocenters. The third-order valence-corrected chi connectivity index (χ3v) is 8.04. The summed E-state index contributed by atoms with van der Waals surface area (Å²) in [6.45, 7) is 7.67. The zero-order valence-corrected chi connectivity index (χ0v) is 22.7. The minimum Gasteiger partial charge on any atom is -0.354 e. The first-order valence-corrected chi connectivity index (χ1v) is 13.8. The molecule has 8 heteroatoms. The van der Waals surface area contributed by atoms with Crippen LogP contribution >= 0.6 is 0 Å². The number of aryl methyl sites for hydroxylation is 2. The maximum Gasteiger partial charge on any atom is 0.264 e. The summed E-state index contributed by atoms with van der Waals surface area (Å²) in [5.74, 6) is -0.752. The SMILES string of the molecule is CCCNC(=O)C(C)N(Cc1ccccc1C)C(=O)CN(c1ccccc1)S(=O)(=O)c1ccc(C)cc1. The van der Waals surface area contributed by atoms with Gasteiger partial charge in [0.2, 0.25) is 11.8 Å². The predicted molar refractivity (Wildman–Crippen MR) is 147 cm³/mol. The highest BCUT2D eigenvalue weighted by atomic mass is 32.2. The molecule has 0 aliphatic heterocycles. The highest BCUT2D eigenvalue weighted by Crippen LogP contribution is 2.25. The largest absolute Gasteiger partial charge is 0.354 e. The molecule has 0 saturated carbocycles. The van der Waals surface area contributed by atoms with E-state index in [0.717, 1.165) is 27.4 Å². The van der Waals surface area contributed by atoms with Crippen molar-refractivity contribution in [2.75, 3.05) is 17.4 Å². The van der Waals surface area contributed by atoms with Crippen LogP contribution in [0, 0.1) is 13.8 Å². The molecule has 0 heterocycles. The van der Waals surface area contributed by atoms with E-state index >= 15 is 0 Å². The van der Waals surface area contributed by atoms with Gasteiger partial charge < -0.3 is 10.2 Å². The van der Waals surface area contributed by atoms with Gasteiger partial charge in [-0.15, -0.1) is 0 Å². The maximum absolute atomic E-state index is 13.8. The summed E-state index contributed by atoms with van der Waals surface area (Å²) in [6.07, 6.45) is 0.765. The third-order valence-electron chi connectivity index (χ3n) is 6.25. The highest BCUT2D eigenvalue weighted by molar-refractivity contribution is 7.92. The van der Waals surface area contributed by atoms with E-state index in [1.165, 1.54) is 17.0 Å². The lowest BCUT2D eigenvalue weighted by atomic mass is 10.1. The van der Waals surface area contributed by atoms with E-state index in [9.17, 15) is 18.0 Å². The van der Waals surface area contributed by atoms with Gasteiger partial charge in [0, 0.05) is 13.1 Å². The quantitative estimate of drug-likeness (QED) is 0.404. The van der Waals surface area contributed by atoms with Crippen LogP contribution in [0.2, 0.25) is 0 Å². The van der Waals surface area contributed by atoms with Crippen LogP contribution in [-0.4, -0.2) is 44.3 Å². The Morgan fingerprint density at radius 2 is 1.51 bits per heavy atom. The molecule has 0 bridgehead atoms. The number of carbonyl (C=O) groups is 2. The number of para-hydroxylation sites is 1. The van der Waals surface area contributed by atoms with E-state index in [0.29, 0.717) is 12.2 Å². The first-order valence-electron chi connectivity index (χ1n) is 12.4. The Hall–Kier alpha value is -3.65. The van der Waals surface area contributed by atoms with Crippen molar-refractivity contribution in [3.8, 4) is 0 Å². The van der Waals surface area contributed by atoms with E-state index < -0.39 is 28.5 Å². The number of anilines is 1. The van der Waals surface area contributed by atoms with Crippen molar-refractivity contribution >= 4 is 27.5 Å². The van der Waals surface area contributed by atoms with Gasteiger partial charge in [-0.05, 0) is 62.6 Å². The molecule has 37 heavy (non-hydrogen) atoms. The normalized spacial score (nSPS) is 12.0. The zero-order valence-electron chi connectivity index (χ0n) is 21.8. The van der Waals surface area contributed by atoms with Crippen LogP contribution in [0.3, 0.4) is 0 Å². The first kappa shape index (κ1) is 27.9. The van der Waals surface area contributed by atoms with Crippen LogP contribution in [0.15, 0.2) is 83.8 Å². The van der Waals surface area contributed by atoms with Crippen LogP contribution in [0.5, 0.6) is 0 Å². The molecule has 3 aromatic rings. The summed E-state index contributed by atoms with van der Waals surface area (Å²) >= 11 is 0. The maximum atomic E-state index is 13.8. The average molecular weight is 522 g/mol. The summed E-state index contributed by atoms with van der Waals surface area (Å²) in [7, 11) is -4.06. The van der Waals surface area contributed by atoms with Gasteiger partial charge in [0.05, 0.1) is 10.6 Å². The van der Waals surface area contributed by atoms with Crippen LogP contribution in [-0.2, 0) is 26.2 Å². The minimum absolute atomic E-state index is 0.0916. The molecule has 0 aromatic heterocycles. The fourth-order valence-electron chi connectivity index (χ4n) is 3.91. The fourth-order valence-corrected chi connectivity index (χ4v) is 5.32. The molecule has 0 spiro atoms. The predicted octanol–water partition coefficient (Wildman–Crippen LogP) is 4.44. The van der Waals surface area contributed by atoms with Crippen LogP contribution in [0.25, 0.3) is 0 Å². The lowest BCUT2D eigenvalue weighted by Crippen LogP contribution is -2.51. The lowest BCUT2D eigenvalue weighted by Gasteiger charge is -2.32. The molecule has 3 rings (SSSR count). The average Bonchev–Trinajstić information content (AvgIpc) is 2.90. The van der Waals surface area contributed by atoms with Gasteiger partial charge in [0.25, 0.3) is 10.0 Å². The lowest BCUT2D eigenvalue weighted by molar-refractivity contribution is -0.139. The second kappa shape index (κ2) is 12.5. The Bertz CT molecular complexity index is 1310. The Balaban J connectivity index is 2.00. The molecule has 1 unspecified atom stereocenters. The van der Waals surface area contributed by atoms with Gasteiger partial charge in [-0.3, -0.25) is 13.9 Å². The molecule has 0 radical (unpaired) electrons. The second-order valence-corrected chi connectivity index (χ2v) is 10.9. The number of sulfonamides is 1. The van der Waals surface area contributed by atoms with Crippen LogP contribution in [0.1, 0.15) is 37.0 Å². The molecule has 1 N–H and O–H groups in total. The number of hydrogen-bond donors (Lipinski definition) is 1. The molecule has 0 aliphatic carbocycles. The molecule has 196 valence electrons. The van der Waals surface area contributed by atoms with Gasteiger partial charge in [-0.1, -0.05) is 67.1 Å². The van der Waals surface area contributed by atoms with Crippen molar-refractivity contribution in [2.24, 2.45) is 0 Å². The number of nitrogens with one attached hydrogen (secondary N) is 1. The van der Waals surface area contributed by atoms with E-state index in [2.05, 4.69) is 5.32 Å². The van der Waals surface area contributed by atoms with Crippen LogP contribution < -0.4 is 9.62 Å². The smallest absolute Gasteiger partial charge is 0.264 e. The van der Waals surface area contributed by atoms with Gasteiger partial charge >= 0.3 is 0 Å². The Labute approximate surface area is 220 Å². The summed E-state index contributed by atoms with van der Waals surface area (Å²) < 4.78 is 28.6. The summed E-state index contributed by atoms with van der Waals surface area (Å²) in [5.41, 5.74) is 3.17. The molecule has 7 nitrogen and oxygen atoms in total. The number of rotatable bonds is 11. The number of benzene rings is 3. The molecule has 3 aromatic carbocycles. The second-order valence-electron chi connectivity index (χ2n) is 9.08. The fraction of sp³-hybridized carbons (Fsp3) is 0.310. The third kappa shape index (κ3) is 6.98. The highest BCUT2D eigenvalue weighted by Gasteiger charge is 2.32. The molecule has 0 fully saturated rings. The first-order chi connectivity index (χ1) is 17.6. The van der Waals surface area contributed by atoms with Gasteiger partial charge in [0.15, 0.2) is 0 Å². The molecule has 2 amide bonds. The van der Waals surface area contributed by atoms with Crippen molar-refractivity contribution in [1.29, 1.82) is 0 Å². The molecule has 0 aliphatic rings. The van der Waals surface area contributed by atoms with Crippen LogP contribution in [0.4, 0.5) is 5.69 Å². The van der Waals surface area contributed by atoms with Gasteiger partial charge in [-0.2, -0.15) is 0 Å². The summed E-state index contributed by atoms with van der Waals surface area (Å²) in [6, 6.07) is 21.9. The van der Waals surface area contributed by atoms with Crippen molar-refractivity contribution in [3.05, 3.63) is 95.6 Å². The van der Waals surface area contributed by atoms with E-state index in [1.807, 2.05) is 45.0 Å². The van der Waals surface area contributed by atoms with Crippen molar-refractivity contribution in [3.63, 3.8) is 0 Å². The van der Waals surface area contributed by atoms with Crippen molar-refractivity contribution < 1.29 is 18.0 Å². The Morgan fingerprint density at radius 1 is 0.892 bits per heavy atom. The zero-order chi connectivity index (χ0) is 27.0. The van der Waals surface area contributed by atoms with E-state index in [1.54, 1.807) is 49.4 Å². The topological polar surface area (TPSA) is 86.8 Å². The number of nitrogens with zero attached hydrogens (tertiary/aromatic N) is 2. The van der Waals surface area contributed by atoms with Gasteiger partial charge in [0.1, 0.15) is 12.6 Å². The monoisotopic (exact) mass is 521 g/mol. The molecule has 0 saturated heterocycles. The van der Waals surface area contributed by atoms with Gasteiger partial charge in [-0.25, -0.2) is 8.42 Å². The number of hydrogen-bond acceptors (Lipinski definition) is 4. The molecular formula is C29H35N3O4S. The minimum atomic E-state index is -4.06. The van der Waals surface area contributed by atoms with Crippen molar-refractivity contribution in [2.45, 2.75) is 51.6 Å². The van der Waals surface area contributed by atoms with Crippen molar-refractivity contribution in [1.82, 2.24) is 10.2 Å². The van der Waals surface area contributed by atoms with E-state index in [4.69, 9.17) is 0 Å². The summed E-state index contributed by atoms with van der Waals surface area (Å²) in [4.78, 5) is 28.3.